The first kappa shape index (κ1) is 11.9. The van der Waals surface area contributed by atoms with Crippen LogP contribution in [0, 0.1) is 11.8 Å². The van der Waals surface area contributed by atoms with E-state index in [2.05, 4.69) is 0 Å². The van der Waals surface area contributed by atoms with Crippen LogP contribution < -0.4 is 0 Å². The van der Waals surface area contributed by atoms with E-state index < -0.39 is 0 Å². The number of carbonyl (C=O) groups is 1. The number of hydrogen-bond acceptors (Lipinski definition) is 3. The summed E-state index contributed by atoms with van der Waals surface area (Å²) in [5.74, 6) is 0.965. The lowest BCUT2D eigenvalue weighted by atomic mass is 10.0. The van der Waals surface area contributed by atoms with Gasteiger partial charge in [0.15, 0.2) is 0 Å². The van der Waals surface area contributed by atoms with Crippen molar-refractivity contribution in [3.8, 4) is 0 Å². The van der Waals surface area contributed by atoms with Gasteiger partial charge in [-0.3, -0.25) is 4.79 Å². The Labute approximate surface area is 96.6 Å². The molecule has 4 heteroatoms. The van der Waals surface area contributed by atoms with Gasteiger partial charge in [-0.2, -0.15) is 0 Å². The van der Waals surface area contributed by atoms with Gasteiger partial charge in [-0.05, 0) is 25.7 Å². The monoisotopic (exact) mass is 227 g/mol. The lowest BCUT2D eigenvalue weighted by Gasteiger charge is -2.38. The van der Waals surface area contributed by atoms with Crippen LogP contribution in [0.25, 0.3) is 0 Å². The van der Waals surface area contributed by atoms with Crippen molar-refractivity contribution >= 4 is 5.91 Å². The van der Waals surface area contributed by atoms with E-state index in [1.807, 2.05) is 18.7 Å². The van der Waals surface area contributed by atoms with Crippen LogP contribution in [0.1, 0.15) is 26.7 Å². The van der Waals surface area contributed by atoms with Crippen LogP contribution in [0.5, 0.6) is 0 Å². The van der Waals surface area contributed by atoms with Crippen LogP contribution in [-0.4, -0.2) is 47.8 Å². The van der Waals surface area contributed by atoms with Crippen LogP contribution >= 0.6 is 0 Å². The summed E-state index contributed by atoms with van der Waals surface area (Å²) in [5.41, 5.74) is 0. The molecule has 1 saturated carbocycles. The fourth-order valence-corrected chi connectivity index (χ4v) is 2.29. The van der Waals surface area contributed by atoms with Gasteiger partial charge in [0.25, 0.3) is 0 Å². The summed E-state index contributed by atoms with van der Waals surface area (Å²) in [7, 11) is 0. The third-order valence-electron chi connectivity index (χ3n) is 3.71. The van der Waals surface area contributed by atoms with Gasteiger partial charge in [-0.1, -0.05) is 6.92 Å². The first-order valence-corrected chi connectivity index (χ1v) is 6.16. The first-order valence-electron chi connectivity index (χ1n) is 6.16. The van der Waals surface area contributed by atoms with E-state index in [4.69, 9.17) is 9.84 Å². The highest BCUT2D eigenvalue weighted by Gasteiger charge is 2.38. The topological polar surface area (TPSA) is 49.8 Å². The average molecular weight is 227 g/mol. The molecule has 2 fully saturated rings. The number of morpholine rings is 1. The van der Waals surface area contributed by atoms with E-state index in [1.165, 1.54) is 12.8 Å². The molecule has 2 aliphatic rings. The minimum Gasteiger partial charge on any atom is -0.394 e. The maximum atomic E-state index is 12.2. The number of rotatable bonds is 3. The molecule has 4 nitrogen and oxygen atoms in total. The lowest BCUT2D eigenvalue weighted by Crippen LogP contribution is -2.53. The second-order valence-corrected chi connectivity index (χ2v) is 5.10. The van der Waals surface area contributed by atoms with Crippen LogP contribution in [-0.2, 0) is 9.53 Å². The third-order valence-corrected chi connectivity index (χ3v) is 3.71. The van der Waals surface area contributed by atoms with Gasteiger partial charge >= 0.3 is 0 Å². The number of hydrogen-bond donors (Lipinski definition) is 1. The maximum absolute atomic E-state index is 12.2. The molecule has 92 valence electrons. The summed E-state index contributed by atoms with van der Waals surface area (Å²) in [6.07, 6.45) is 2.18. The predicted octanol–water partition coefficient (Wildman–Crippen LogP) is 0.641. The Morgan fingerprint density at radius 3 is 2.81 bits per heavy atom. The zero-order chi connectivity index (χ0) is 11.7. The van der Waals surface area contributed by atoms with Crippen LogP contribution in [0.4, 0.5) is 0 Å². The molecule has 2 rings (SSSR count). The summed E-state index contributed by atoms with van der Waals surface area (Å²) in [5, 5.41) is 9.07. The molecule has 1 heterocycles. The van der Waals surface area contributed by atoms with E-state index in [1.54, 1.807) is 0 Å². The van der Waals surface area contributed by atoms with Crippen molar-refractivity contribution in [1.29, 1.82) is 0 Å². The summed E-state index contributed by atoms with van der Waals surface area (Å²) >= 11 is 0. The fourth-order valence-electron chi connectivity index (χ4n) is 2.29. The summed E-state index contributed by atoms with van der Waals surface area (Å²) in [4.78, 5) is 14.1. The summed E-state index contributed by atoms with van der Waals surface area (Å²) < 4.78 is 5.43. The Hall–Kier alpha value is -0.610. The molecule has 0 aromatic heterocycles. The molecular formula is C12H21NO3. The van der Waals surface area contributed by atoms with Crippen molar-refractivity contribution in [2.75, 3.05) is 19.8 Å². The van der Waals surface area contributed by atoms with Gasteiger partial charge < -0.3 is 14.7 Å². The van der Waals surface area contributed by atoms with Gasteiger partial charge in [0.1, 0.15) is 0 Å². The van der Waals surface area contributed by atoms with Crippen LogP contribution in [0.15, 0.2) is 0 Å². The van der Waals surface area contributed by atoms with Crippen molar-refractivity contribution in [1.82, 2.24) is 4.90 Å². The zero-order valence-corrected chi connectivity index (χ0v) is 10.1. The highest BCUT2D eigenvalue weighted by atomic mass is 16.5. The van der Waals surface area contributed by atoms with Crippen molar-refractivity contribution in [2.24, 2.45) is 11.8 Å². The molecule has 1 aliphatic carbocycles. The van der Waals surface area contributed by atoms with Gasteiger partial charge in [0.05, 0.1) is 25.4 Å². The summed E-state index contributed by atoms with van der Waals surface area (Å²) in [6.45, 7) is 5.09. The molecule has 16 heavy (non-hydrogen) atoms. The number of aliphatic hydroxyl groups is 1. The minimum absolute atomic E-state index is 0.00565. The molecule has 1 saturated heterocycles. The molecule has 0 bridgehead atoms. The van der Waals surface area contributed by atoms with Crippen LogP contribution in [0.3, 0.4) is 0 Å². The van der Waals surface area contributed by atoms with E-state index in [0.29, 0.717) is 19.1 Å². The Morgan fingerprint density at radius 1 is 1.56 bits per heavy atom. The highest BCUT2D eigenvalue weighted by molar-refractivity contribution is 5.79. The van der Waals surface area contributed by atoms with E-state index >= 15 is 0 Å². The maximum Gasteiger partial charge on any atom is 0.226 e. The fraction of sp³-hybridized carbons (Fsp3) is 0.917. The standard InChI is InChI=1S/C12H21NO3/c1-8-7-16-11(6-14)5-13(8)12(15)9(2)10-3-4-10/h8-11,14H,3-7H2,1-2H3. The molecule has 0 aromatic carbocycles. The Bertz CT molecular complexity index is 265. The minimum atomic E-state index is -0.202. The van der Waals surface area contributed by atoms with Crippen molar-refractivity contribution in [3.63, 3.8) is 0 Å². The molecular weight excluding hydrogens is 206 g/mol. The molecule has 0 aromatic rings. The Kier molecular flexibility index (Phi) is 3.50. The lowest BCUT2D eigenvalue weighted by molar-refractivity contribution is -0.150. The number of ether oxygens (including phenoxy) is 1. The molecule has 1 aliphatic heterocycles. The van der Waals surface area contributed by atoms with E-state index in [0.717, 1.165) is 0 Å². The zero-order valence-electron chi connectivity index (χ0n) is 10.1. The van der Waals surface area contributed by atoms with Gasteiger partial charge in [-0.25, -0.2) is 0 Å². The Balaban J connectivity index is 1.96. The van der Waals surface area contributed by atoms with Crippen molar-refractivity contribution in [2.45, 2.75) is 38.8 Å². The van der Waals surface area contributed by atoms with E-state index in [-0.39, 0.29) is 30.6 Å². The van der Waals surface area contributed by atoms with Crippen molar-refractivity contribution < 1.29 is 14.6 Å². The largest absolute Gasteiger partial charge is 0.394 e. The highest BCUT2D eigenvalue weighted by Crippen LogP contribution is 2.37. The molecule has 3 unspecified atom stereocenters. The van der Waals surface area contributed by atoms with Gasteiger partial charge in [0, 0.05) is 12.5 Å². The molecule has 3 atom stereocenters. The molecule has 0 radical (unpaired) electrons. The van der Waals surface area contributed by atoms with Gasteiger partial charge in [-0.15, -0.1) is 0 Å². The molecule has 1 amide bonds. The SMILES string of the molecule is CC(C(=O)N1CC(CO)OCC1C)C1CC1. The second-order valence-electron chi connectivity index (χ2n) is 5.10. The van der Waals surface area contributed by atoms with Crippen LogP contribution in [0.2, 0.25) is 0 Å². The van der Waals surface area contributed by atoms with E-state index in [9.17, 15) is 4.79 Å². The second kappa shape index (κ2) is 4.72. The predicted molar refractivity (Wildman–Crippen MR) is 59.9 cm³/mol. The number of aliphatic hydroxyl groups excluding tert-OH is 1. The molecule has 1 N–H and O–H groups in total. The quantitative estimate of drug-likeness (QED) is 0.770. The average Bonchev–Trinajstić information content (AvgIpc) is 3.12. The van der Waals surface area contributed by atoms with Crippen molar-refractivity contribution in [3.05, 3.63) is 0 Å². The Morgan fingerprint density at radius 2 is 2.25 bits per heavy atom. The smallest absolute Gasteiger partial charge is 0.226 e. The molecule has 0 spiro atoms. The van der Waals surface area contributed by atoms with Gasteiger partial charge in [0.2, 0.25) is 5.91 Å². The summed E-state index contributed by atoms with van der Waals surface area (Å²) in [6, 6.07) is 0.136. The number of carbonyl (C=O) groups excluding carboxylic acids is 1. The number of amides is 1. The first-order chi connectivity index (χ1) is 7.63. The third kappa shape index (κ3) is 2.38. The number of nitrogens with zero attached hydrogens (tertiary/aromatic N) is 1. The normalized spacial score (nSPS) is 32.6.